The molecule has 2 rings (SSSR count). The maximum atomic E-state index is 12.0. The highest BCUT2D eigenvalue weighted by molar-refractivity contribution is 7.09. The fourth-order valence-corrected chi connectivity index (χ4v) is 2.27. The Balaban J connectivity index is 1.92. The molecule has 0 aliphatic carbocycles. The zero-order chi connectivity index (χ0) is 13.5. The van der Waals surface area contributed by atoms with Crippen LogP contribution in [0.25, 0.3) is 0 Å². The second-order valence-corrected chi connectivity index (χ2v) is 5.23. The van der Waals surface area contributed by atoms with E-state index in [9.17, 15) is 4.79 Å². The van der Waals surface area contributed by atoms with Gasteiger partial charge in [-0.05, 0) is 30.7 Å². The quantitative estimate of drug-likeness (QED) is 0.570. The molecule has 0 N–H and O–H groups in total. The number of carbonyl (C=O) groups excluding carboxylic acids is 1. The molecule has 1 aromatic carbocycles. The third kappa shape index (κ3) is 4.17. The molecule has 0 spiro atoms. The largest absolute Gasteiger partial charge is 0.494 e. The number of benzene rings is 1. The number of ether oxygens (including phenoxy) is 1. The highest BCUT2D eigenvalue weighted by atomic mass is 32.1. The molecular formula is C15H17NO2S. The van der Waals surface area contributed by atoms with Gasteiger partial charge in [0.05, 0.1) is 13.0 Å². The van der Waals surface area contributed by atoms with Crippen molar-refractivity contribution in [3.8, 4) is 5.75 Å². The van der Waals surface area contributed by atoms with E-state index in [2.05, 4.69) is 11.9 Å². The lowest BCUT2D eigenvalue weighted by Crippen LogP contribution is -2.03. The monoisotopic (exact) mass is 275 g/mol. The Kier molecular flexibility index (Phi) is 5.10. The Bertz CT molecular complexity index is 505. The molecule has 2 aromatic rings. The zero-order valence-electron chi connectivity index (χ0n) is 11.0. The van der Waals surface area contributed by atoms with Gasteiger partial charge >= 0.3 is 0 Å². The minimum atomic E-state index is 0.0926. The number of carbonyl (C=O) groups is 1. The molecule has 0 bridgehead atoms. The van der Waals surface area contributed by atoms with E-state index in [-0.39, 0.29) is 5.78 Å². The van der Waals surface area contributed by atoms with Crippen LogP contribution >= 0.6 is 11.3 Å². The van der Waals surface area contributed by atoms with Gasteiger partial charge < -0.3 is 4.74 Å². The van der Waals surface area contributed by atoms with Gasteiger partial charge in [0.15, 0.2) is 5.78 Å². The summed E-state index contributed by atoms with van der Waals surface area (Å²) in [6, 6.07) is 7.34. The number of ketones is 1. The summed E-state index contributed by atoms with van der Waals surface area (Å²) < 4.78 is 5.57. The van der Waals surface area contributed by atoms with Crippen LogP contribution in [0.4, 0.5) is 0 Å². The number of aromatic nitrogens is 1. The van der Waals surface area contributed by atoms with Gasteiger partial charge in [0.25, 0.3) is 0 Å². The predicted molar refractivity (Wildman–Crippen MR) is 77.0 cm³/mol. The van der Waals surface area contributed by atoms with Gasteiger partial charge in [-0.2, -0.15) is 0 Å². The molecule has 0 amide bonds. The fraction of sp³-hybridized carbons (Fsp3) is 0.333. The summed E-state index contributed by atoms with van der Waals surface area (Å²) in [7, 11) is 0. The number of thiazole rings is 1. The summed E-state index contributed by atoms with van der Waals surface area (Å²) >= 11 is 1.51. The van der Waals surface area contributed by atoms with Crippen LogP contribution < -0.4 is 4.74 Å². The third-order valence-corrected chi connectivity index (χ3v) is 3.52. The highest BCUT2D eigenvalue weighted by Gasteiger charge is 2.08. The zero-order valence-corrected chi connectivity index (χ0v) is 11.8. The van der Waals surface area contributed by atoms with Crippen molar-refractivity contribution in [2.24, 2.45) is 0 Å². The van der Waals surface area contributed by atoms with Crippen LogP contribution in [0.3, 0.4) is 0 Å². The molecule has 19 heavy (non-hydrogen) atoms. The molecule has 100 valence electrons. The van der Waals surface area contributed by atoms with Crippen LogP contribution in [0, 0.1) is 0 Å². The van der Waals surface area contributed by atoms with Crippen LogP contribution in [0.5, 0.6) is 5.75 Å². The molecule has 0 saturated carbocycles. The smallest absolute Gasteiger partial charge is 0.169 e. The second-order valence-electron chi connectivity index (χ2n) is 4.25. The van der Waals surface area contributed by atoms with Gasteiger partial charge in [0.1, 0.15) is 10.8 Å². The molecule has 4 heteroatoms. The summed E-state index contributed by atoms with van der Waals surface area (Å²) in [5.74, 6) is 0.911. The Morgan fingerprint density at radius 2 is 2.11 bits per heavy atom. The van der Waals surface area contributed by atoms with Gasteiger partial charge in [-0.15, -0.1) is 11.3 Å². The second kappa shape index (κ2) is 7.04. The number of unbranched alkanes of at least 4 members (excludes halogenated alkanes) is 1. The summed E-state index contributed by atoms with van der Waals surface area (Å²) in [5.41, 5.74) is 0.707. The normalized spacial score (nSPS) is 10.4. The summed E-state index contributed by atoms with van der Waals surface area (Å²) in [6.07, 6.45) is 4.25. The number of hydrogen-bond donors (Lipinski definition) is 0. The van der Waals surface area contributed by atoms with E-state index in [0.717, 1.165) is 30.2 Å². The summed E-state index contributed by atoms with van der Waals surface area (Å²) in [5, 5.41) is 2.74. The molecule has 0 saturated heterocycles. The van der Waals surface area contributed by atoms with Crippen molar-refractivity contribution in [1.82, 2.24) is 4.98 Å². The Morgan fingerprint density at radius 3 is 2.74 bits per heavy atom. The minimum absolute atomic E-state index is 0.0926. The average Bonchev–Trinajstić information content (AvgIpc) is 2.93. The van der Waals surface area contributed by atoms with Crippen molar-refractivity contribution in [1.29, 1.82) is 0 Å². The maximum absolute atomic E-state index is 12.0. The number of hydrogen-bond acceptors (Lipinski definition) is 4. The van der Waals surface area contributed by atoms with E-state index in [0.29, 0.717) is 12.0 Å². The van der Waals surface area contributed by atoms with Crippen LogP contribution in [0.2, 0.25) is 0 Å². The SMILES string of the molecule is CCCCOc1ccc(C(=O)Cc2nccs2)cc1. The first-order valence-electron chi connectivity index (χ1n) is 6.44. The fourth-order valence-electron chi connectivity index (χ4n) is 1.65. The van der Waals surface area contributed by atoms with Crippen LogP contribution in [-0.2, 0) is 6.42 Å². The van der Waals surface area contributed by atoms with Crippen LogP contribution in [0.1, 0.15) is 35.1 Å². The van der Waals surface area contributed by atoms with Crippen molar-refractivity contribution < 1.29 is 9.53 Å². The lowest BCUT2D eigenvalue weighted by atomic mass is 10.1. The van der Waals surface area contributed by atoms with Crippen LogP contribution in [-0.4, -0.2) is 17.4 Å². The van der Waals surface area contributed by atoms with E-state index in [1.54, 1.807) is 6.20 Å². The average molecular weight is 275 g/mol. The molecule has 0 fully saturated rings. The first-order valence-corrected chi connectivity index (χ1v) is 7.32. The molecule has 0 aliphatic heterocycles. The molecule has 3 nitrogen and oxygen atoms in total. The van der Waals surface area contributed by atoms with E-state index >= 15 is 0 Å². The van der Waals surface area contributed by atoms with Gasteiger partial charge in [0, 0.05) is 17.1 Å². The topological polar surface area (TPSA) is 39.2 Å². The van der Waals surface area contributed by atoms with Crippen molar-refractivity contribution in [2.75, 3.05) is 6.61 Å². The number of Topliss-reactive ketones (excluding diaryl/α,β-unsaturated/α-hetero) is 1. The third-order valence-electron chi connectivity index (χ3n) is 2.74. The van der Waals surface area contributed by atoms with Crippen molar-refractivity contribution in [3.05, 3.63) is 46.4 Å². The lowest BCUT2D eigenvalue weighted by Gasteiger charge is -2.05. The number of nitrogens with zero attached hydrogens (tertiary/aromatic N) is 1. The molecular weight excluding hydrogens is 258 g/mol. The van der Waals surface area contributed by atoms with Crippen molar-refractivity contribution in [3.63, 3.8) is 0 Å². The molecule has 0 radical (unpaired) electrons. The summed E-state index contributed by atoms with van der Waals surface area (Å²) in [4.78, 5) is 16.1. The lowest BCUT2D eigenvalue weighted by molar-refractivity contribution is 0.0993. The molecule has 1 aromatic heterocycles. The first-order chi connectivity index (χ1) is 9.29. The van der Waals surface area contributed by atoms with Crippen LogP contribution in [0.15, 0.2) is 35.8 Å². The summed E-state index contributed by atoms with van der Waals surface area (Å²) in [6.45, 7) is 2.85. The van der Waals surface area contributed by atoms with Crippen molar-refractivity contribution >= 4 is 17.1 Å². The first kappa shape index (κ1) is 13.7. The van der Waals surface area contributed by atoms with Crippen molar-refractivity contribution in [2.45, 2.75) is 26.2 Å². The molecule has 0 unspecified atom stereocenters. The highest BCUT2D eigenvalue weighted by Crippen LogP contribution is 2.15. The van der Waals surface area contributed by atoms with Gasteiger partial charge in [-0.25, -0.2) is 4.98 Å². The molecule has 1 heterocycles. The Morgan fingerprint density at radius 1 is 1.32 bits per heavy atom. The Hall–Kier alpha value is -1.68. The molecule has 0 aliphatic rings. The van der Waals surface area contributed by atoms with Gasteiger partial charge in [-0.1, -0.05) is 13.3 Å². The number of rotatable bonds is 7. The van der Waals surface area contributed by atoms with Gasteiger partial charge in [-0.3, -0.25) is 4.79 Å². The predicted octanol–water partition coefficient (Wildman–Crippen LogP) is 3.75. The van der Waals surface area contributed by atoms with E-state index < -0.39 is 0 Å². The molecule has 0 atom stereocenters. The Labute approximate surface area is 117 Å². The van der Waals surface area contributed by atoms with E-state index in [4.69, 9.17) is 4.74 Å². The van der Waals surface area contributed by atoms with E-state index in [1.165, 1.54) is 11.3 Å². The van der Waals surface area contributed by atoms with E-state index in [1.807, 2.05) is 29.6 Å². The minimum Gasteiger partial charge on any atom is -0.494 e. The van der Waals surface area contributed by atoms with Gasteiger partial charge in [0.2, 0.25) is 0 Å². The maximum Gasteiger partial charge on any atom is 0.169 e. The standard InChI is InChI=1S/C15H17NO2S/c1-2-3-9-18-13-6-4-12(5-7-13)14(17)11-15-16-8-10-19-15/h4-8,10H,2-3,9,11H2,1H3.